The fourth-order valence-corrected chi connectivity index (χ4v) is 3.61. The van der Waals surface area contributed by atoms with Crippen LogP contribution in [0.4, 0.5) is 0 Å². The van der Waals surface area contributed by atoms with Gasteiger partial charge in [0.1, 0.15) is 0 Å². The quantitative estimate of drug-likeness (QED) is 0.747. The van der Waals surface area contributed by atoms with Gasteiger partial charge >= 0.3 is 5.76 Å². The predicted octanol–water partition coefficient (Wildman–Crippen LogP) is 2.77. The van der Waals surface area contributed by atoms with Crippen LogP contribution in [0.3, 0.4) is 0 Å². The lowest BCUT2D eigenvalue weighted by Crippen LogP contribution is -2.38. The Balaban J connectivity index is 1.60. The van der Waals surface area contributed by atoms with Gasteiger partial charge in [0.15, 0.2) is 5.58 Å². The molecule has 1 aliphatic heterocycles. The molecule has 0 radical (unpaired) electrons. The van der Waals surface area contributed by atoms with Crippen molar-refractivity contribution in [2.24, 2.45) is 7.05 Å². The van der Waals surface area contributed by atoms with Crippen molar-refractivity contribution in [3.63, 3.8) is 0 Å². The Hall–Kier alpha value is -2.27. The van der Waals surface area contributed by atoms with E-state index in [9.17, 15) is 4.79 Å². The number of oxazole rings is 1. The molecule has 0 aliphatic carbocycles. The second-order valence-electron chi connectivity index (χ2n) is 6.35. The zero-order valence-electron chi connectivity index (χ0n) is 13.3. The first-order chi connectivity index (χ1) is 11.2. The highest BCUT2D eigenvalue weighted by Gasteiger charge is 2.25. The van der Waals surface area contributed by atoms with Crippen molar-refractivity contribution in [3.05, 3.63) is 58.8 Å². The maximum absolute atomic E-state index is 12.3. The Labute approximate surface area is 134 Å². The second-order valence-corrected chi connectivity index (χ2v) is 6.35. The first kappa shape index (κ1) is 14.3. The molecule has 0 unspecified atom stereocenters. The molecule has 1 saturated heterocycles. The van der Waals surface area contributed by atoms with Crippen LogP contribution in [-0.2, 0) is 13.6 Å². The number of aryl methyl sites for hydroxylation is 1. The molecule has 1 fully saturated rings. The lowest BCUT2D eigenvalue weighted by Gasteiger charge is -2.33. The highest BCUT2D eigenvalue weighted by Crippen LogP contribution is 2.25. The van der Waals surface area contributed by atoms with E-state index in [0.29, 0.717) is 5.58 Å². The van der Waals surface area contributed by atoms with Crippen LogP contribution in [0.2, 0.25) is 0 Å². The summed E-state index contributed by atoms with van der Waals surface area (Å²) in [4.78, 5) is 14.7. The van der Waals surface area contributed by atoms with Crippen molar-refractivity contribution in [3.8, 4) is 0 Å². The minimum atomic E-state index is -0.239. The van der Waals surface area contributed by atoms with Gasteiger partial charge < -0.3 is 8.98 Å². The van der Waals surface area contributed by atoms with E-state index in [0.717, 1.165) is 38.0 Å². The van der Waals surface area contributed by atoms with Crippen LogP contribution < -0.4 is 5.76 Å². The molecule has 3 heterocycles. The number of likely N-dealkylation sites (tertiary alicyclic amines) is 1. The third-order valence-corrected chi connectivity index (χ3v) is 4.80. The molecule has 0 spiro atoms. The number of fused-ring (bicyclic) bond motifs is 1. The lowest BCUT2D eigenvalue weighted by molar-refractivity contribution is 0.165. The molecular weight excluding hydrogens is 290 g/mol. The highest BCUT2D eigenvalue weighted by atomic mass is 16.4. The van der Waals surface area contributed by atoms with Crippen LogP contribution in [0.25, 0.3) is 11.1 Å². The van der Waals surface area contributed by atoms with E-state index in [1.54, 1.807) is 0 Å². The number of piperidine rings is 1. The minimum Gasteiger partial charge on any atom is -0.408 e. The minimum absolute atomic E-state index is 0.181. The molecule has 0 saturated carbocycles. The molecule has 120 valence electrons. The molecule has 5 nitrogen and oxygen atoms in total. The molecule has 23 heavy (non-hydrogen) atoms. The van der Waals surface area contributed by atoms with Gasteiger partial charge in [0.25, 0.3) is 0 Å². The van der Waals surface area contributed by atoms with Crippen molar-refractivity contribution >= 4 is 11.1 Å². The van der Waals surface area contributed by atoms with Crippen molar-refractivity contribution in [2.75, 3.05) is 13.1 Å². The van der Waals surface area contributed by atoms with Crippen LogP contribution in [0.5, 0.6) is 0 Å². The summed E-state index contributed by atoms with van der Waals surface area (Å²) >= 11 is 0. The first-order valence-corrected chi connectivity index (χ1v) is 8.15. The Bertz CT molecular complexity index is 874. The zero-order chi connectivity index (χ0) is 15.8. The van der Waals surface area contributed by atoms with Crippen LogP contribution in [0.15, 0.2) is 51.8 Å². The number of hydrogen-bond acceptors (Lipinski definition) is 3. The number of para-hydroxylation sites is 2. The highest BCUT2D eigenvalue weighted by molar-refractivity contribution is 5.72. The normalized spacial score (nSPS) is 19.4. The molecule has 1 aromatic carbocycles. The molecule has 4 rings (SSSR count). The Morgan fingerprint density at radius 3 is 2.91 bits per heavy atom. The third-order valence-electron chi connectivity index (χ3n) is 4.80. The van der Waals surface area contributed by atoms with Crippen LogP contribution >= 0.6 is 0 Å². The molecule has 2 aromatic heterocycles. The van der Waals surface area contributed by atoms with Crippen molar-refractivity contribution < 1.29 is 4.42 Å². The molecule has 1 aliphatic rings. The largest absolute Gasteiger partial charge is 0.420 e. The van der Waals surface area contributed by atoms with Crippen molar-refractivity contribution in [1.82, 2.24) is 14.0 Å². The van der Waals surface area contributed by atoms with Crippen LogP contribution in [-0.4, -0.2) is 27.1 Å². The van der Waals surface area contributed by atoms with E-state index in [4.69, 9.17) is 4.42 Å². The average molecular weight is 311 g/mol. The number of nitrogens with zero attached hydrogens (tertiary/aromatic N) is 3. The lowest BCUT2D eigenvalue weighted by atomic mass is 10.0. The van der Waals surface area contributed by atoms with Gasteiger partial charge in [-0.05, 0) is 43.7 Å². The van der Waals surface area contributed by atoms with E-state index in [-0.39, 0.29) is 11.8 Å². The molecule has 5 heteroatoms. The monoisotopic (exact) mass is 311 g/mol. The van der Waals surface area contributed by atoms with E-state index in [1.165, 1.54) is 5.69 Å². The summed E-state index contributed by atoms with van der Waals surface area (Å²) in [7, 11) is 2.07. The first-order valence-electron chi connectivity index (χ1n) is 8.15. The van der Waals surface area contributed by atoms with Crippen molar-refractivity contribution in [1.29, 1.82) is 0 Å². The Morgan fingerprint density at radius 1 is 1.22 bits per heavy atom. The smallest absolute Gasteiger partial charge is 0.408 e. The summed E-state index contributed by atoms with van der Waals surface area (Å²) < 4.78 is 9.39. The fourth-order valence-electron chi connectivity index (χ4n) is 3.61. The fraction of sp³-hybridized carbons (Fsp3) is 0.389. The van der Waals surface area contributed by atoms with Gasteiger partial charge in [0.05, 0.1) is 11.6 Å². The summed E-state index contributed by atoms with van der Waals surface area (Å²) in [5.74, 6) is -0.239. The van der Waals surface area contributed by atoms with Gasteiger partial charge in [-0.25, -0.2) is 4.79 Å². The predicted molar refractivity (Wildman–Crippen MR) is 89.4 cm³/mol. The molecule has 1 atom stereocenters. The van der Waals surface area contributed by atoms with Gasteiger partial charge in [0, 0.05) is 32.0 Å². The number of benzene rings is 1. The van der Waals surface area contributed by atoms with Gasteiger partial charge in [-0.3, -0.25) is 9.47 Å². The molecule has 0 amide bonds. The third kappa shape index (κ3) is 2.61. The number of aromatic nitrogens is 2. The van der Waals surface area contributed by atoms with Gasteiger partial charge in [-0.15, -0.1) is 0 Å². The average Bonchev–Trinajstić information content (AvgIpc) is 3.10. The summed E-state index contributed by atoms with van der Waals surface area (Å²) in [5, 5.41) is 0. The van der Waals surface area contributed by atoms with E-state index >= 15 is 0 Å². The molecular formula is C18H21N3O2. The topological polar surface area (TPSA) is 43.3 Å². The van der Waals surface area contributed by atoms with Gasteiger partial charge in [-0.2, -0.15) is 0 Å². The van der Waals surface area contributed by atoms with Crippen LogP contribution in [0, 0.1) is 0 Å². The molecule has 0 bridgehead atoms. The van der Waals surface area contributed by atoms with E-state index in [1.807, 2.05) is 28.8 Å². The summed E-state index contributed by atoms with van der Waals surface area (Å²) in [6, 6.07) is 12.1. The molecule has 0 N–H and O–H groups in total. The van der Waals surface area contributed by atoms with Crippen molar-refractivity contribution in [2.45, 2.75) is 25.4 Å². The SMILES string of the molecule is Cn1cccc1CN1CCC[C@H](n2c(=O)oc3ccccc32)C1. The van der Waals surface area contributed by atoms with Gasteiger partial charge in [0.2, 0.25) is 0 Å². The maximum atomic E-state index is 12.3. The van der Waals surface area contributed by atoms with Gasteiger partial charge in [-0.1, -0.05) is 12.1 Å². The van der Waals surface area contributed by atoms with E-state index < -0.39 is 0 Å². The summed E-state index contributed by atoms with van der Waals surface area (Å²) in [6.07, 6.45) is 4.19. The van der Waals surface area contributed by atoms with E-state index in [2.05, 4.69) is 34.8 Å². The number of hydrogen-bond donors (Lipinski definition) is 0. The zero-order valence-corrected chi connectivity index (χ0v) is 13.3. The number of rotatable bonds is 3. The Kier molecular flexibility index (Phi) is 3.58. The Morgan fingerprint density at radius 2 is 2.09 bits per heavy atom. The summed E-state index contributed by atoms with van der Waals surface area (Å²) in [6.45, 7) is 2.88. The van der Waals surface area contributed by atoms with Crippen LogP contribution in [0.1, 0.15) is 24.6 Å². The maximum Gasteiger partial charge on any atom is 0.420 e. The summed E-state index contributed by atoms with van der Waals surface area (Å²) in [5.41, 5.74) is 2.88. The molecule has 3 aromatic rings. The standard InChI is InChI=1S/C18H21N3O2/c1-19-10-4-6-14(19)12-20-11-5-7-15(13-20)21-16-8-2-3-9-17(16)23-18(21)22/h2-4,6,8-10,15H,5,7,11-13H2,1H3/t15-/m0/s1. The second kappa shape index (κ2) is 5.74.